The molecule has 3 heterocycles. The lowest BCUT2D eigenvalue weighted by atomic mass is 9.94. The number of benzene rings is 1. The number of carbonyl (C=O) groups is 2. The molecule has 0 atom stereocenters. The van der Waals surface area contributed by atoms with Gasteiger partial charge in [0.2, 0.25) is 5.91 Å². The molecule has 0 bridgehead atoms. The Morgan fingerprint density at radius 1 is 1.19 bits per heavy atom. The van der Waals surface area contributed by atoms with Crippen LogP contribution in [0.1, 0.15) is 49.7 Å². The van der Waals surface area contributed by atoms with Gasteiger partial charge in [0.25, 0.3) is 5.91 Å². The zero-order valence-corrected chi connectivity index (χ0v) is 18.7. The molecule has 2 aromatic heterocycles. The third kappa shape index (κ3) is 4.64. The molecule has 0 saturated carbocycles. The number of aromatic amines is 1. The van der Waals surface area contributed by atoms with Crippen molar-refractivity contribution in [2.45, 2.75) is 40.3 Å². The van der Waals surface area contributed by atoms with Gasteiger partial charge in [0.1, 0.15) is 5.69 Å². The molecule has 3 aromatic rings. The number of pyridine rings is 1. The summed E-state index contributed by atoms with van der Waals surface area (Å²) in [5, 5.41) is 2.98. The van der Waals surface area contributed by atoms with Crippen LogP contribution in [0.3, 0.4) is 0 Å². The van der Waals surface area contributed by atoms with Crippen LogP contribution in [0, 0.1) is 20.8 Å². The molecule has 2 amide bonds. The maximum atomic E-state index is 13.0. The van der Waals surface area contributed by atoms with E-state index in [1.807, 2.05) is 68.3 Å². The van der Waals surface area contributed by atoms with Gasteiger partial charge in [-0.15, -0.1) is 0 Å². The van der Waals surface area contributed by atoms with Crippen LogP contribution in [-0.2, 0) is 24.3 Å². The van der Waals surface area contributed by atoms with Crippen molar-refractivity contribution in [3.8, 4) is 0 Å². The highest BCUT2D eigenvalue weighted by atomic mass is 16.2. The zero-order chi connectivity index (χ0) is 22.7. The quantitative estimate of drug-likeness (QED) is 0.606. The van der Waals surface area contributed by atoms with E-state index in [0.717, 1.165) is 40.1 Å². The van der Waals surface area contributed by atoms with Crippen molar-refractivity contribution in [2.24, 2.45) is 0 Å². The van der Waals surface area contributed by atoms with Crippen LogP contribution in [0.25, 0.3) is 6.08 Å². The molecule has 0 saturated heterocycles. The monoisotopic (exact) mass is 428 g/mol. The summed E-state index contributed by atoms with van der Waals surface area (Å²) in [6.45, 7) is 7.45. The standard InChI is InChI=1S/C26H28N4O2/c1-17-13-18(2)29-25(17)26(32)30-12-11-22-21(16-30)14-27-19(3)23(22)15-28-24(31)10-9-20-7-5-4-6-8-20/h4-10,13-14,29H,11-12,15-16H2,1-3H3,(H,28,31). The molecule has 0 aliphatic carbocycles. The predicted octanol–water partition coefficient (Wildman–Crippen LogP) is 3.86. The average molecular weight is 429 g/mol. The number of aromatic nitrogens is 2. The van der Waals surface area contributed by atoms with Gasteiger partial charge in [-0.05, 0) is 67.2 Å². The van der Waals surface area contributed by atoms with E-state index >= 15 is 0 Å². The molecule has 6 nitrogen and oxygen atoms in total. The molecule has 0 spiro atoms. The minimum atomic E-state index is -0.143. The normalized spacial score (nSPS) is 13.3. The van der Waals surface area contributed by atoms with Crippen LogP contribution < -0.4 is 5.32 Å². The van der Waals surface area contributed by atoms with E-state index in [-0.39, 0.29) is 11.8 Å². The Kier molecular flexibility index (Phi) is 6.21. The number of amides is 2. The maximum absolute atomic E-state index is 13.0. The fourth-order valence-electron chi connectivity index (χ4n) is 4.21. The molecule has 1 aliphatic heterocycles. The van der Waals surface area contributed by atoms with Crippen molar-refractivity contribution in [3.05, 3.63) is 93.6 Å². The minimum absolute atomic E-state index is 0.0164. The molecule has 2 N–H and O–H groups in total. The van der Waals surface area contributed by atoms with Gasteiger partial charge in [-0.3, -0.25) is 14.6 Å². The van der Waals surface area contributed by atoms with Crippen LogP contribution >= 0.6 is 0 Å². The maximum Gasteiger partial charge on any atom is 0.270 e. The highest BCUT2D eigenvalue weighted by molar-refractivity contribution is 5.94. The molecular formula is C26H28N4O2. The first-order valence-electron chi connectivity index (χ1n) is 10.8. The van der Waals surface area contributed by atoms with Crippen molar-refractivity contribution in [1.82, 2.24) is 20.2 Å². The minimum Gasteiger partial charge on any atom is -0.354 e. The van der Waals surface area contributed by atoms with Crippen molar-refractivity contribution < 1.29 is 9.59 Å². The van der Waals surface area contributed by atoms with E-state index in [2.05, 4.69) is 15.3 Å². The number of fused-ring (bicyclic) bond motifs is 1. The topological polar surface area (TPSA) is 78.1 Å². The third-order valence-electron chi connectivity index (χ3n) is 5.91. The molecule has 0 radical (unpaired) electrons. The van der Waals surface area contributed by atoms with Gasteiger partial charge < -0.3 is 15.2 Å². The highest BCUT2D eigenvalue weighted by Crippen LogP contribution is 2.25. The Labute approximate surface area is 188 Å². The fourth-order valence-corrected chi connectivity index (χ4v) is 4.21. The van der Waals surface area contributed by atoms with E-state index < -0.39 is 0 Å². The number of rotatable bonds is 5. The van der Waals surface area contributed by atoms with Gasteiger partial charge >= 0.3 is 0 Å². The second-order valence-electron chi connectivity index (χ2n) is 8.27. The Morgan fingerprint density at radius 3 is 2.69 bits per heavy atom. The largest absolute Gasteiger partial charge is 0.354 e. The number of hydrogen-bond acceptors (Lipinski definition) is 3. The van der Waals surface area contributed by atoms with Gasteiger partial charge in [0, 0.05) is 43.3 Å². The van der Waals surface area contributed by atoms with Crippen LogP contribution in [0.4, 0.5) is 0 Å². The summed E-state index contributed by atoms with van der Waals surface area (Å²) in [7, 11) is 0. The summed E-state index contributed by atoms with van der Waals surface area (Å²) in [6, 6.07) is 11.7. The van der Waals surface area contributed by atoms with Crippen molar-refractivity contribution in [1.29, 1.82) is 0 Å². The van der Waals surface area contributed by atoms with Gasteiger partial charge in [0.05, 0.1) is 0 Å². The van der Waals surface area contributed by atoms with E-state index in [1.165, 1.54) is 5.56 Å². The number of carbonyl (C=O) groups excluding carboxylic acids is 2. The molecule has 164 valence electrons. The molecule has 0 fully saturated rings. The molecule has 1 aromatic carbocycles. The Balaban J connectivity index is 1.45. The number of nitrogens with one attached hydrogen (secondary N) is 2. The molecule has 1 aliphatic rings. The van der Waals surface area contributed by atoms with Crippen molar-refractivity contribution >= 4 is 17.9 Å². The van der Waals surface area contributed by atoms with Crippen molar-refractivity contribution in [2.75, 3.05) is 6.54 Å². The van der Waals surface area contributed by atoms with Gasteiger partial charge in [0.15, 0.2) is 0 Å². The molecule has 0 unspecified atom stereocenters. The Bertz CT molecular complexity index is 1180. The zero-order valence-electron chi connectivity index (χ0n) is 18.7. The van der Waals surface area contributed by atoms with Gasteiger partial charge in [-0.2, -0.15) is 0 Å². The van der Waals surface area contributed by atoms with Gasteiger partial charge in [-0.25, -0.2) is 0 Å². The third-order valence-corrected chi connectivity index (χ3v) is 5.91. The first-order chi connectivity index (χ1) is 15.4. The highest BCUT2D eigenvalue weighted by Gasteiger charge is 2.26. The molecule has 6 heteroatoms. The number of hydrogen-bond donors (Lipinski definition) is 2. The average Bonchev–Trinajstić information content (AvgIpc) is 3.14. The number of nitrogens with zero attached hydrogens (tertiary/aromatic N) is 2. The summed E-state index contributed by atoms with van der Waals surface area (Å²) in [6.07, 6.45) is 5.95. The van der Waals surface area contributed by atoms with E-state index in [9.17, 15) is 9.59 Å². The lowest BCUT2D eigenvalue weighted by Gasteiger charge is -2.30. The van der Waals surface area contributed by atoms with Crippen LogP contribution in [0.15, 0.2) is 48.7 Å². The summed E-state index contributed by atoms with van der Waals surface area (Å²) >= 11 is 0. The molecular weight excluding hydrogens is 400 g/mol. The number of aryl methyl sites for hydroxylation is 3. The number of H-pyrrole nitrogens is 1. The summed E-state index contributed by atoms with van der Waals surface area (Å²) < 4.78 is 0. The lowest BCUT2D eigenvalue weighted by Crippen LogP contribution is -2.37. The SMILES string of the molecule is Cc1cc(C)c(C(=O)N2CCc3c(cnc(C)c3CNC(=O)C=Cc3ccccc3)C2)[nH]1. The summed E-state index contributed by atoms with van der Waals surface area (Å²) in [4.78, 5) is 34.9. The second-order valence-corrected chi connectivity index (χ2v) is 8.27. The fraction of sp³-hybridized carbons (Fsp3) is 0.269. The summed E-state index contributed by atoms with van der Waals surface area (Å²) in [5.41, 5.74) is 7.77. The second kappa shape index (κ2) is 9.22. The van der Waals surface area contributed by atoms with Crippen molar-refractivity contribution in [3.63, 3.8) is 0 Å². The van der Waals surface area contributed by atoms with E-state index in [4.69, 9.17) is 0 Å². The van der Waals surface area contributed by atoms with Gasteiger partial charge in [-0.1, -0.05) is 30.3 Å². The molecule has 32 heavy (non-hydrogen) atoms. The first-order valence-corrected chi connectivity index (χ1v) is 10.8. The Hall–Kier alpha value is -3.67. The first kappa shape index (κ1) is 21.6. The van der Waals surface area contributed by atoms with E-state index in [0.29, 0.717) is 25.3 Å². The van der Waals surface area contributed by atoms with Crippen LogP contribution in [0.2, 0.25) is 0 Å². The smallest absolute Gasteiger partial charge is 0.270 e. The molecule has 4 rings (SSSR count). The van der Waals surface area contributed by atoms with Crippen LogP contribution in [-0.4, -0.2) is 33.2 Å². The Morgan fingerprint density at radius 2 is 1.97 bits per heavy atom. The predicted molar refractivity (Wildman–Crippen MR) is 125 cm³/mol. The van der Waals surface area contributed by atoms with Crippen LogP contribution in [0.5, 0.6) is 0 Å². The lowest BCUT2D eigenvalue weighted by molar-refractivity contribution is -0.116. The summed E-state index contributed by atoms with van der Waals surface area (Å²) in [5.74, 6) is -0.126. The van der Waals surface area contributed by atoms with E-state index in [1.54, 1.807) is 12.2 Å².